The number of benzene rings is 3. The average molecular weight is 573 g/mol. The van der Waals surface area contributed by atoms with Crippen LogP contribution >= 0.6 is 15.9 Å². The van der Waals surface area contributed by atoms with Crippen molar-refractivity contribution in [3.63, 3.8) is 0 Å². The quantitative estimate of drug-likeness (QED) is 0.388. The van der Waals surface area contributed by atoms with Crippen LogP contribution in [0.25, 0.3) is 0 Å². The number of carbonyl (C=O) groups excluding carboxylic acids is 2. The molecule has 0 aliphatic rings. The minimum absolute atomic E-state index is 0.0834. The maximum atomic E-state index is 13.7. The molecule has 3 aromatic rings. The lowest BCUT2D eigenvalue weighted by Gasteiger charge is -2.32. The van der Waals surface area contributed by atoms with Crippen LogP contribution in [0.15, 0.2) is 88.2 Å². The molecule has 1 unspecified atom stereocenters. The van der Waals surface area contributed by atoms with Gasteiger partial charge < -0.3 is 10.2 Å². The Balaban J connectivity index is 2.00. The number of halogens is 1. The van der Waals surface area contributed by atoms with Gasteiger partial charge in [-0.1, -0.05) is 64.0 Å². The largest absolute Gasteiger partial charge is 0.355 e. The van der Waals surface area contributed by atoms with Crippen LogP contribution in [0.2, 0.25) is 0 Å². The van der Waals surface area contributed by atoms with Crippen LogP contribution in [0.1, 0.15) is 25.0 Å². The van der Waals surface area contributed by atoms with E-state index in [-0.39, 0.29) is 17.3 Å². The van der Waals surface area contributed by atoms with E-state index >= 15 is 0 Å². The number of aryl methyl sites for hydroxylation is 1. The molecule has 3 aromatic carbocycles. The minimum Gasteiger partial charge on any atom is -0.355 e. The number of anilines is 1. The first-order valence-electron chi connectivity index (χ1n) is 11.6. The van der Waals surface area contributed by atoms with E-state index in [1.54, 1.807) is 56.3 Å². The highest BCUT2D eigenvalue weighted by Gasteiger charge is 2.32. The highest BCUT2D eigenvalue weighted by Crippen LogP contribution is 2.25. The van der Waals surface area contributed by atoms with Crippen molar-refractivity contribution in [1.82, 2.24) is 10.2 Å². The summed E-state index contributed by atoms with van der Waals surface area (Å²) >= 11 is 3.44. The molecule has 1 N–H and O–H groups in total. The number of para-hydroxylation sites is 1. The van der Waals surface area contributed by atoms with Crippen LogP contribution in [0.4, 0.5) is 5.69 Å². The van der Waals surface area contributed by atoms with Gasteiger partial charge in [-0.25, -0.2) is 8.42 Å². The second-order valence-corrected chi connectivity index (χ2v) is 11.2. The van der Waals surface area contributed by atoms with E-state index in [0.29, 0.717) is 12.2 Å². The molecule has 0 heterocycles. The van der Waals surface area contributed by atoms with Crippen LogP contribution < -0.4 is 9.62 Å². The summed E-state index contributed by atoms with van der Waals surface area (Å²) in [7, 11) is -4.06. The van der Waals surface area contributed by atoms with E-state index in [9.17, 15) is 18.0 Å². The Morgan fingerprint density at radius 3 is 2.25 bits per heavy atom. The summed E-state index contributed by atoms with van der Waals surface area (Å²) < 4.78 is 29.3. The van der Waals surface area contributed by atoms with E-state index in [1.165, 1.54) is 17.0 Å². The highest BCUT2D eigenvalue weighted by molar-refractivity contribution is 9.10. The minimum atomic E-state index is -4.06. The molecule has 1 atom stereocenters. The molecule has 0 aliphatic carbocycles. The second-order valence-electron chi connectivity index (χ2n) is 8.38. The summed E-state index contributed by atoms with van der Waals surface area (Å²) in [5, 5.41) is 2.75. The Morgan fingerprint density at radius 2 is 1.64 bits per heavy atom. The molecule has 0 spiro atoms. The standard InChI is InChI=1S/C27H30BrN3O4S/c1-4-29-27(33)21(3)30(18-22-9-8-10-23(28)17-22)26(32)19-31(24-11-6-5-7-12-24)36(34,35)25-15-13-20(2)14-16-25/h5-17,21H,4,18-19H2,1-3H3,(H,29,33). The zero-order valence-corrected chi connectivity index (χ0v) is 22.9. The number of nitrogens with zero attached hydrogens (tertiary/aromatic N) is 2. The van der Waals surface area contributed by atoms with Crippen molar-refractivity contribution in [1.29, 1.82) is 0 Å². The normalized spacial score (nSPS) is 12.0. The van der Waals surface area contributed by atoms with Crippen molar-refractivity contribution in [2.45, 2.75) is 38.3 Å². The monoisotopic (exact) mass is 571 g/mol. The fourth-order valence-corrected chi connectivity index (χ4v) is 5.56. The molecule has 0 aliphatic heterocycles. The number of hydrogen-bond acceptors (Lipinski definition) is 4. The molecule has 0 saturated heterocycles. The van der Waals surface area contributed by atoms with Gasteiger partial charge in [-0.2, -0.15) is 0 Å². The highest BCUT2D eigenvalue weighted by atomic mass is 79.9. The molecule has 36 heavy (non-hydrogen) atoms. The van der Waals surface area contributed by atoms with Crippen LogP contribution in [-0.2, 0) is 26.2 Å². The number of carbonyl (C=O) groups is 2. The Hall–Kier alpha value is -3.17. The molecular weight excluding hydrogens is 542 g/mol. The molecular formula is C27H30BrN3O4S. The van der Waals surface area contributed by atoms with Gasteiger partial charge in [0, 0.05) is 17.6 Å². The molecule has 7 nitrogen and oxygen atoms in total. The van der Waals surface area contributed by atoms with E-state index in [0.717, 1.165) is 19.9 Å². The first-order valence-corrected chi connectivity index (χ1v) is 13.8. The van der Waals surface area contributed by atoms with Crippen LogP contribution in [-0.4, -0.2) is 44.3 Å². The first-order chi connectivity index (χ1) is 17.1. The van der Waals surface area contributed by atoms with Crippen LogP contribution in [0.3, 0.4) is 0 Å². The third-order valence-corrected chi connectivity index (χ3v) is 7.97. The molecule has 0 saturated carbocycles. The van der Waals surface area contributed by atoms with Crippen molar-refractivity contribution in [3.8, 4) is 0 Å². The number of amides is 2. The molecule has 9 heteroatoms. The van der Waals surface area contributed by atoms with Gasteiger partial charge in [-0.3, -0.25) is 13.9 Å². The van der Waals surface area contributed by atoms with Crippen molar-refractivity contribution in [2.24, 2.45) is 0 Å². The van der Waals surface area contributed by atoms with Gasteiger partial charge >= 0.3 is 0 Å². The lowest BCUT2D eigenvalue weighted by atomic mass is 10.1. The molecule has 2 amide bonds. The third kappa shape index (κ3) is 6.73. The summed E-state index contributed by atoms with van der Waals surface area (Å²) in [5.74, 6) is -0.804. The average Bonchev–Trinajstić information content (AvgIpc) is 2.86. The number of likely N-dealkylation sites (N-methyl/N-ethyl adjacent to an activating group) is 1. The Morgan fingerprint density at radius 1 is 0.972 bits per heavy atom. The fraction of sp³-hybridized carbons (Fsp3) is 0.259. The summed E-state index contributed by atoms with van der Waals surface area (Å²) in [4.78, 5) is 27.9. The first kappa shape index (κ1) is 27.4. The molecule has 190 valence electrons. The van der Waals surface area contributed by atoms with E-state index in [1.807, 2.05) is 31.2 Å². The van der Waals surface area contributed by atoms with Crippen LogP contribution in [0.5, 0.6) is 0 Å². The van der Waals surface area contributed by atoms with Crippen molar-refractivity contribution >= 4 is 43.5 Å². The molecule has 0 aromatic heterocycles. The second kappa shape index (κ2) is 12.2. The van der Waals surface area contributed by atoms with Crippen LogP contribution in [0, 0.1) is 6.92 Å². The Labute approximate surface area is 221 Å². The fourth-order valence-electron chi connectivity index (χ4n) is 3.70. The number of rotatable bonds is 10. The summed E-state index contributed by atoms with van der Waals surface area (Å²) in [6.07, 6.45) is 0. The van der Waals surface area contributed by atoms with Crippen molar-refractivity contribution in [2.75, 3.05) is 17.4 Å². The lowest BCUT2D eigenvalue weighted by Crippen LogP contribution is -2.51. The number of hydrogen-bond donors (Lipinski definition) is 1. The molecule has 0 bridgehead atoms. The lowest BCUT2D eigenvalue weighted by molar-refractivity contribution is -0.139. The van der Waals surface area contributed by atoms with Gasteiger partial charge in [0.1, 0.15) is 12.6 Å². The zero-order chi connectivity index (χ0) is 26.3. The van der Waals surface area contributed by atoms with Gasteiger partial charge in [0.2, 0.25) is 11.8 Å². The van der Waals surface area contributed by atoms with E-state index in [4.69, 9.17) is 0 Å². The molecule has 0 radical (unpaired) electrons. The zero-order valence-electron chi connectivity index (χ0n) is 20.5. The predicted octanol–water partition coefficient (Wildman–Crippen LogP) is 4.51. The Kier molecular flexibility index (Phi) is 9.28. The Bertz CT molecular complexity index is 1300. The van der Waals surface area contributed by atoms with Gasteiger partial charge in [0.05, 0.1) is 10.6 Å². The molecule has 3 rings (SSSR count). The van der Waals surface area contributed by atoms with Gasteiger partial charge in [0.15, 0.2) is 0 Å². The summed E-state index contributed by atoms with van der Waals surface area (Å²) in [5.41, 5.74) is 2.09. The predicted molar refractivity (Wildman–Crippen MR) is 145 cm³/mol. The summed E-state index contributed by atoms with van der Waals surface area (Å²) in [6.45, 7) is 5.41. The maximum absolute atomic E-state index is 13.7. The summed E-state index contributed by atoms with van der Waals surface area (Å²) in [6, 6.07) is 21.6. The van der Waals surface area contributed by atoms with Gasteiger partial charge in [-0.05, 0) is 62.7 Å². The van der Waals surface area contributed by atoms with Gasteiger partial charge in [-0.15, -0.1) is 0 Å². The molecule has 0 fully saturated rings. The third-order valence-electron chi connectivity index (χ3n) is 5.69. The van der Waals surface area contributed by atoms with Crippen molar-refractivity contribution < 1.29 is 18.0 Å². The van der Waals surface area contributed by atoms with Crippen molar-refractivity contribution in [3.05, 3.63) is 94.5 Å². The van der Waals surface area contributed by atoms with E-state index < -0.39 is 28.5 Å². The maximum Gasteiger partial charge on any atom is 0.264 e. The number of nitrogens with one attached hydrogen (secondary N) is 1. The van der Waals surface area contributed by atoms with E-state index in [2.05, 4.69) is 21.2 Å². The smallest absolute Gasteiger partial charge is 0.264 e. The number of sulfonamides is 1. The topological polar surface area (TPSA) is 86.8 Å². The SMILES string of the molecule is CCNC(=O)C(C)N(Cc1cccc(Br)c1)C(=O)CN(c1ccccc1)S(=O)(=O)c1ccc(C)cc1. The van der Waals surface area contributed by atoms with Gasteiger partial charge in [0.25, 0.3) is 10.0 Å².